The Kier molecular flexibility index (Phi) is 4.44. The summed E-state index contributed by atoms with van der Waals surface area (Å²) in [6.07, 6.45) is 4.11. The summed E-state index contributed by atoms with van der Waals surface area (Å²) in [6, 6.07) is 9.14. The molecule has 0 aliphatic heterocycles. The normalized spacial score (nSPS) is 12.4. The highest BCUT2D eigenvalue weighted by Crippen LogP contribution is 2.21. The quantitative estimate of drug-likeness (QED) is 0.935. The minimum Gasteiger partial charge on any atom is -0.313 e. The van der Waals surface area contributed by atoms with Gasteiger partial charge in [0.05, 0.1) is 0 Å². The third-order valence-electron chi connectivity index (χ3n) is 2.90. The van der Waals surface area contributed by atoms with Crippen LogP contribution in [0.2, 0.25) is 0 Å². The van der Waals surface area contributed by atoms with Crippen molar-refractivity contribution in [1.82, 2.24) is 10.3 Å². The summed E-state index contributed by atoms with van der Waals surface area (Å²) in [7, 11) is 1.88. The number of aromatic nitrogens is 1. The van der Waals surface area contributed by atoms with Gasteiger partial charge in [-0.1, -0.05) is 22.0 Å². The predicted octanol–water partition coefficient (Wildman–Crippen LogP) is 3.49. The number of hydrogen-bond acceptors (Lipinski definition) is 2. The Morgan fingerprint density at radius 2 is 2.00 bits per heavy atom. The van der Waals surface area contributed by atoms with Crippen LogP contribution in [0.4, 0.5) is 4.39 Å². The molecule has 94 valence electrons. The number of pyridine rings is 1. The zero-order valence-electron chi connectivity index (χ0n) is 10.0. The van der Waals surface area contributed by atoms with Gasteiger partial charge in [-0.15, -0.1) is 0 Å². The molecule has 1 atom stereocenters. The van der Waals surface area contributed by atoms with Crippen LogP contribution in [0.15, 0.2) is 47.2 Å². The van der Waals surface area contributed by atoms with Gasteiger partial charge in [0.1, 0.15) is 5.82 Å². The summed E-state index contributed by atoms with van der Waals surface area (Å²) in [4.78, 5) is 3.99. The fraction of sp³-hybridized carbons (Fsp3) is 0.214. The van der Waals surface area contributed by atoms with Crippen molar-refractivity contribution in [3.63, 3.8) is 0 Å². The first-order chi connectivity index (χ1) is 8.70. The first kappa shape index (κ1) is 13.2. The molecule has 1 unspecified atom stereocenters. The van der Waals surface area contributed by atoms with Crippen LogP contribution in [-0.4, -0.2) is 12.0 Å². The molecule has 0 aliphatic rings. The van der Waals surface area contributed by atoms with Crippen LogP contribution in [0, 0.1) is 5.82 Å². The van der Waals surface area contributed by atoms with Gasteiger partial charge in [0.25, 0.3) is 0 Å². The van der Waals surface area contributed by atoms with E-state index >= 15 is 0 Å². The van der Waals surface area contributed by atoms with Crippen molar-refractivity contribution in [2.45, 2.75) is 12.5 Å². The summed E-state index contributed by atoms with van der Waals surface area (Å²) in [6.45, 7) is 0. The molecular weight excluding hydrogens is 295 g/mol. The maximum absolute atomic E-state index is 13.8. The lowest BCUT2D eigenvalue weighted by atomic mass is 9.99. The fourth-order valence-electron chi connectivity index (χ4n) is 1.89. The molecular formula is C14H14BrFN2. The highest BCUT2D eigenvalue weighted by molar-refractivity contribution is 9.10. The van der Waals surface area contributed by atoms with Gasteiger partial charge >= 0.3 is 0 Å². The summed E-state index contributed by atoms with van der Waals surface area (Å²) < 4.78 is 14.6. The number of rotatable bonds is 4. The van der Waals surface area contributed by atoms with Crippen molar-refractivity contribution >= 4 is 15.9 Å². The first-order valence-electron chi connectivity index (χ1n) is 5.72. The summed E-state index contributed by atoms with van der Waals surface area (Å²) in [5, 5.41) is 3.20. The second-order valence-electron chi connectivity index (χ2n) is 4.06. The lowest BCUT2D eigenvalue weighted by Crippen LogP contribution is -2.19. The Morgan fingerprint density at radius 1 is 1.28 bits per heavy atom. The Bertz CT molecular complexity index is 516. The second kappa shape index (κ2) is 6.07. The molecule has 0 fully saturated rings. The molecule has 0 saturated heterocycles. The maximum atomic E-state index is 13.8. The topological polar surface area (TPSA) is 24.9 Å². The van der Waals surface area contributed by atoms with Gasteiger partial charge < -0.3 is 5.32 Å². The van der Waals surface area contributed by atoms with E-state index < -0.39 is 0 Å². The molecule has 1 aromatic carbocycles. The summed E-state index contributed by atoms with van der Waals surface area (Å²) >= 11 is 3.26. The van der Waals surface area contributed by atoms with E-state index in [1.54, 1.807) is 12.4 Å². The van der Waals surface area contributed by atoms with E-state index in [4.69, 9.17) is 0 Å². The Balaban J connectivity index is 2.21. The Hall–Kier alpha value is -1.26. The van der Waals surface area contributed by atoms with Crippen molar-refractivity contribution in [2.75, 3.05) is 7.05 Å². The Morgan fingerprint density at radius 3 is 2.61 bits per heavy atom. The van der Waals surface area contributed by atoms with Crippen LogP contribution >= 0.6 is 15.9 Å². The summed E-state index contributed by atoms with van der Waals surface area (Å²) in [5.41, 5.74) is 1.81. The van der Waals surface area contributed by atoms with Crippen molar-refractivity contribution in [3.8, 4) is 0 Å². The molecule has 18 heavy (non-hydrogen) atoms. The average Bonchev–Trinajstić information content (AvgIpc) is 2.39. The molecule has 0 spiro atoms. The minimum atomic E-state index is -0.182. The SMILES string of the molecule is CNC(Cc1ccc(Br)cc1F)c1ccncc1. The number of likely N-dealkylation sites (N-methyl/N-ethyl adjacent to an activating group) is 1. The molecule has 2 aromatic rings. The number of nitrogens with zero attached hydrogens (tertiary/aromatic N) is 1. The molecule has 0 aliphatic carbocycles. The van der Waals surface area contributed by atoms with Crippen LogP contribution in [0.3, 0.4) is 0 Å². The van der Waals surface area contributed by atoms with Crippen molar-refractivity contribution < 1.29 is 4.39 Å². The molecule has 1 aromatic heterocycles. The number of benzene rings is 1. The van der Waals surface area contributed by atoms with Crippen LogP contribution in [0.25, 0.3) is 0 Å². The third kappa shape index (κ3) is 3.15. The van der Waals surface area contributed by atoms with Crippen LogP contribution in [-0.2, 0) is 6.42 Å². The van der Waals surface area contributed by atoms with Crippen LogP contribution in [0.5, 0.6) is 0 Å². The highest BCUT2D eigenvalue weighted by Gasteiger charge is 2.12. The standard InChI is InChI=1S/C14H14BrFN2/c1-17-14(10-4-6-18-7-5-10)8-11-2-3-12(15)9-13(11)16/h2-7,9,14,17H,8H2,1H3. The lowest BCUT2D eigenvalue weighted by molar-refractivity contribution is 0.553. The van der Waals surface area contributed by atoms with Gasteiger partial charge in [0.15, 0.2) is 0 Å². The largest absolute Gasteiger partial charge is 0.313 e. The zero-order valence-corrected chi connectivity index (χ0v) is 11.6. The van der Waals surface area contributed by atoms with E-state index in [-0.39, 0.29) is 11.9 Å². The molecule has 2 nitrogen and oxygen atoms in total. The lowest BCUT2D eigenvalue weighted by Gasteiger charge is -2.17. The van der Waals surface area contributed by atoms with Gasteiger partial charge in [-0.05, 0) is 48.9 Å². The number of nitrogens with one attached hydrogen (secondary N) is 1. The van der Waals surface area contributed by atoms with Crippen molar-refractivity contribution in [1.29, 1.82) is 0 Å². The van der Waals surface area contributed by atoms with Crippen molar-refractivity contribution in [3.05, 3.63) is 64.1 Å². The van der Waals surface area contributed by atoms with Gasteiger partial charge in [-0.2, -0.15) is 0 Å². The molecule has 0 bridgehead atoms. The molecule has 1 heterocycles. The van der Waals surface area contributed by atoms with E-state index in [9.17, 15) is 4.39 Å². The van der Waals surface area contributed by atoms with E-state index in [1.165, 1.54) is 6.07 Å². The van der Waals surface area contributed by atoms with E-state index in [2.05, 4.69) is 26.2 Å². The van der Waals surface area contributed by atoms with Gasteiger partial charge in [-0.25, -0.2) is 4.39 Å². The Labute approximate surface area is 114 Å². The molecule has 0 saturated carbocycles. The predicted molar refractivity (Wildman–Crippen MR) is 73.8 cm³/mol. The average molecular weight is 309 g/mol. The zero-order chi connectivity index (χ0) is 13.0. The second-order valence-corrected chi connectivity index (χ2v) is 4.98. The monoisotopic (exact) mass is 308 g/mol. The van der Waals surface area contributed by atoms with Crippen LogP contribution in [0.1, 0.15) is 17.2 Å². The number of halogens is 2. The van der Waals surface area contributed by atoms with E-state index in [0.717, 1.165) is 10.0 Å². The van der Waals surface area contributed by atoms with Gasteiger partial charge in [0.2, 0.25) is 0 Å². The fourth-order valence-corrected chi connectivity index (χ4v) is 2.22. The molecule has 4 heteroatoms. The van der Waals surface area contributed by atoms with Gasteiger partial charge in [0, 0.05) is 22.9 Å². The molecule has 2 rings (SSSR count). The maximum Gasteiger partial charge on any atom is 0.127 e. The van der Waals surface area contributed by atoms with E-state index in [1.807, 2.05) is 31.3 Å². The summed E-state index contributed by atoms with van der Waals surface area (Å²) in [5.74, 6) is -0.182. The smallest absolute Gasteiger partial charge is 0.127 e. The third-order valence-corrected chi connectivity index (χ3v) is 3.39. The highest BCUT2D eigenvalue weighted by atomic mass is 79.9. The van der Waals surface area contributed by atoms with Crippen molar-refractivity contribution in [2.24, 2.45) is 0 Å². The van der Waals surface area contributed by atoms with E-state index in [0.29, 0.717) is 12.0 Å². The van der Waals surface area contributed by atoms with Crippen LogP contribution < -0.4 is 5.32 Å². The van der Waals surface area contributed by atoms with Gasteiger partial charge in [-0.3, -0.25) is 4.98 Å². The molecule has 0 amide bonds. The number of hydrogen-bond donors (Lipinski definition) is 1. The molecule has 1 N–H and O–H groups in total. The first-order valence-corrected chi connectivity index (χ1v) is 6.51. The minimum absolute atomic E-state index is 0.0867. The molecule has 0 radical (unpaired) electrons.